The molecule has 112 valence electrons. The number of rotatable bonds is 9. The van der Waals surface area contributed by atoms with Gasteiger partial charge in [-0.1, -0.05) is 13.0 Å². The van der Waals surface area contributed by atoms with Crippen molar-refractivity contribution in [1.82, 2.24) is 5.32 Å². The lowest BCUT2D eigenvalue weighted by Crippen LogP contribution is -2.24. The maximum atomic E-state index is 5.72. The van der Waals surface area contributed by atoms with Gasteiger partial charge in [-0.25, -0.2) is 0 Å². The molecule has 1 aromatic carbocycles. The van der Waals surface area contributed by atoms with Gasteiger partial charge in [-0.3, -0.25) is 0 Å². The van der Waals surface area contributed by atoms with E-state index in [4.69, 9.17) is 9.47 Å². The van der Waals surface area contributed by atoms with Crippen LogP contribution in [0.25, 0.3) is 0 Å². The molecule has 1 rings (SSSR count). The van der Waals surface area contributed by atoms with Crippen LogP contribution in [-0.4, -0.2) is 19.8 Å². The van der Waals surface area contributed by atoms with Gasteiger partial charge >= 0.3 is 0 Å². The minimum atomic E-state index is 0.410. The van der Waals surface area contributed by atoms with Crippen molar-refractivity contribution in [3.05, 3.63) is 34.8 Å². The zero-order valence-electron chi connectivity index (χ0n) is 12.5. The third-order valence-electron chi connectivity index (χ3n) is 2.91. The summed E-state index contributed by atoms with van der Waals surface area (Å²) in [5.41, 5.74) is 1.16. The second kappa shape index (κ2) is 9.03. The zero-order valence-corrected chi connectivity index (χ0v) is 14.1. The minimum Gasteiger partial charge on any atom is -0.493 e. The van der Waals surface area contributed by atoms with E-state index in [2.05, 4.69) is 47.7 Å². The summed E-state index contributed by atoms with van der Waals surface area (Å²) in [6.07, 6.45) is 3.85. The van der Waals surface area contributed by atoms with Crippen LogP contribution in [0.4, 0.5) is 0 Å². The summed E-state index contributed by atoms with van der Waals surface area (Å²) in [6.45, 7) is 9.45. The Morgan fingerprint density at radius 2 is 2.20 bits per heavy atom. The fourth-order valence-electron chi connectivity index (χ4n) is 1.84. The van der Waals surface area contributed by atoms with Crippen LogP contribution in [0.3, 0.4) is 0 Å². The maximum absolute atomic E-state index is 5.72. The van der Waals surface area contributed by atoms with Crippen LogP contribution in [0.15, 0.2) is 29.3 Å². The Morgan fingerprint density at radius 1 is 1.45 bits per heavy atom. The SMILES string of the molecule is C=CCC(C)NCc1cc(Br)c(OCCC)c(OC)c1. The number of ether oxygens (including phenoxy) is 2. The van der Waals surface area contributed by atoms with Crippen LogP contribution in [0.5, 0.6) is 11.5 Å². The summed E-state index contributed by atoms with van der Waals surface area (Å²) in [5.74, 6) is 1.54. The Balaban J connectivity index is 2.79. The predicted octanol–water partition coefficient (Wildman–Crippen LogP) is 4.30. The van der Waals surface area contributed by atoms with Crippen molar-refractivity contribution in [2.75, 3.05) is 13.7 Å². The van der Waals surface area contributed by atoms with E-state index in [1.165, 1.54) is 0 Å². The molecule has 1 N–H and O–H groups in total. The first-order valence-electron chi connectivity index (χ1n) is 6.95. The Labute approximate surface area is 130 Å². The molecule has 3 nitrogen and oxygen atoms in total. The van der Waals surface area contributed by atoms with Crippen molar-refractivity contribution in [2.45, 2.75) is 39.3 Å². The Kier molecular flexibility index (Phi) is 7.70. The molecule has 0 amide bonds. The highest BCUT2D eigenvalue weighted by atomic mass is 79.9. The van der Waals surface area contributed by atoms with Crippen LogP contribution >= 0.6 is 15.9 Å². The topological polar surface area (TPSA) is 30.5 Å². The van der Waals surface area contributed by atoms with Crippen molar-refractivity contribution in [1.29, 1.82) is 0 Å². The summed E-state index contributed by atoms with van der Waals surface area (Å²) in [6, 6.07) is 4.50. The van der Waals surface area contributed by atoms with Gasteiger partial charge in [0.1, 0.15) is 0 Å². The van der Waals surface area contributed by atoms with Crippen LogP contribution < -0.4 is 14.8 Å². The molecule has 0 heterocycles. The van der Waals surface area contributed by atoms with E-state index in [0.29, 0.717) is 12.6 Å². The van der Waals surface area contributed by atoms with E-state index in [0.717, 1.165) is 40.9 Å². The molecule has 20 heavy (non-hydrogen) atoms. The normalized spacial score (nSPS) is 12.0. The van der Waals surface area contributed by atoms with E-state index in [1.54, 1.807) is 7.11 Å². The van der Waals surface area contributed by atoms with Crippen molar-refractivity contribution in [3.8, 4) is 11.5 Å². The fraction of sp³-hybridized carbons (Fsp3) is 0.500. The lowest BCUT2D eigenvalue weighted by Gasteiger charge is -2.16. The monoisotopic (exact) mass is 341 g/mol. The van der Waals surface area contributed by atoms with E-state index in [1.807, 2.05) is 12.1 Å². The first-order valence-corrected chi connectivity index (χ1v) is 7.75. The number of benzene rings is 1. The molecule has 0 aromatic heterocycles. The van der Waals surface area contributed by atoms with E-state index < -0.39 is 0 Å². The molecule has 0 aliphatic carbocycles. The summed E-state index contributed by atoms with van der Waals surface area (Å²) in [4.78, 5) is 0. The van der Waals surface area contributed by atoms with Gasteiger partial charge in [0.15, 0.2) is 11.5 Å². The molecule has 0 bridgehead atoms. The lowest BCUT2D eigenvalue weighted by atomic mass is 10.1. The Hall–Kier alpha value is -1.00. The molecule has 1 aromatic rings. The molecule has 1 atom stereocenters. The average Bonchev–Trinajstić information content (AvgIpc) is 2.43. The van der Waals surface area contributed by atoms with Gasteiger partial charge in [-0.15, -0.1) is 6.58 Å². The average molecular weight is 342 g/mol. The summed E-state index contributed by atoms with van der Waals surface area (Å²) >= 11 is 3.56. The highest BCUT2D eigenvalue weighted by molar-refractivity contribution is 9.10. The number of halogens is 1. The molecule has 0 saturated carbocycles. The molecule has 0 aliphatic rings. The van der Waals surface area contributed by atoms with Crippen LogP contribution in [0, 0.1) is 0 Å². The molecule has 1 unspecified atom stereocenters. The molecule has 0 radical (unpaired) electrons. The zero-order chi connectivity index (χ0) is 15.0. The Morgan fingerprint density at radius 3 is 2.80 bits per heavy atom. The minimum absolute atomic E-state index is 0.410. The fourth-order valence-corrected chi connectivity index (χ4v) is 2.45. The van der Waals surface area contributed by atoms with Gasteiger partial charge in [-0.2, -0.15) is 0 Å². The number of methoxy groups -OCH3 is 1. The van der Waals surface area contributed by atoms with Gasteiger partial charge in [0.05, 0.1) is 18.2 Å². The number of hydrogen-bond acceptors (Lipinski definition) is 3. The van der Waals surface area contributed by atoms with Crippen molar-refractivity contribution < 1.29 is 9.47 Å². The van der Waals surface area contributed by atoms with Gasteiger partial charge < -0.3 is 14.8 Å². The maximum Gasteiger partial charge on any atom is 0.175 e. The third kappa shape index (κ3) is 5.17. The summed E-state index contributed by atoms with van der Waals surface area (Å²) in [7, 11) is 1.66. The number of hydrogen-bond donors (Lipinski definition) is 1. The van der Waals surface area contributed by atoms with E-state index in [9.17, 15) is 0 Å². The second-order valence-electron chi connectivity index (χ2n) is 4.76. The molecular formula is C16H24BrNO2. The molecule has 0 aliphatic heterocycles. The summed E-state index contributed by atoms with van der Waals surface area (Å²) in [5, 5.41) is 3.45. The predicted molar refractivity (Wildman–Crippen MR) is 87.6 cm³/mol. The van der Waals surface area contributed by atoms with E-state index >= 15 is 0 Å². The molecule has 0 saturated heterocycles. The van der Waals surface area contributed by atoms with Crippen LogP contribution in [0.2, 0.25) is 0 Å². The molecule has 0 fully saturated rings. The first kappa shape index (κ1) is 17.1. The standard InChI is InChI=1S/C16H24BrNO2/c1-5-7-12(3)18-11-13-9-14(17)16(20-8-6-2)15(10-13)19-4/h5,9-10,12,18H,1,6-8,11H2,2-4H3. The second-order valence-corrected chi connectivity index (χ2v) is 5.62. The van der Waals surface area contributed by atoms with Crippen LogP contribution in [0.1, 0.15) is 32.3 Å². The Bertz CT molecular complexity index is 435. The molecule has 0 spiro atoms. The van der Waals surface area contributed by atoms with Crippen LogP contribution in [-0.2, 0) is 6.54 Å². The highest BCUT2D eigenvalue weighted by Crippen LogP contribution is 2.36. The van der Waals surface area contributed by atoms with Gasteiger partial charge in [0.25, 0.3) is 0 Å². The largest absolute Gasteiger partial charge is 0.493 e. The highest BCUT2D eigenvalue weighted by Gasteiger charge is 2.11. The van der Waals surface area contributed by atoms with Gasteiger partial charge in [-0.05, 0) is 53.4 Å². The van der Waals surface area contributed by atoms with Crippen molar-refractivity contribution in [2.24, 2.45) is 0 Å². The summed E-state index contributed by atoms with van der Waals surface area (Å²) < 4.78 is 12.1. The molecule has 4 heteroatoms. The quantitative estimate of drug-likeness (QED) is 0.679. The van der Waals surface area contributed by atoms with Crippen molar-refractivity contribution >= 4 is 15.9 Å². The molecular weight excluding hydrogens is 318 g/mol. The lowest BCUT2D eigenvalue weighted by molar-refractivity contribution is 0.292. The first-order chi connectivity index (χ1) is 9.62. The van der Waals surface area contributed by atoms with Gasteiger partial charge in [0.2, 0.25) is 0 Å². The van der Waals surface area contributed by atoms with Gasteiger partial charge in [0, 0.05) is 12.6 Å². The number of nitrogens with one attached hydrogen (secondary N) is 1. The van der Waals surface area contributed by atoms with E-state index in [-0.39, 0.29) is 0 Å². The third-order valence-corrected chi connectivity index (χ3v) is 3.50. The van der Waals surface area contributed by atoms with Crippen molar-refractivity contribution in [3.63, 3.8) is 0 Å². The smallest absolute Gasteiger partial charge is 0.175 e.